The predicted octanol–water partition coefficient (Wildman–Crippen LogP) is 6.53. The van der Waals surface area contributed by atoms with Crippen molar-refractivity contribution in [1.82, 2.24) is 0 Å². The smallest absolute Gasteiger partial charge is 0.379 e. The van der Waals surface area contributed by atoms with E-state index in [-0.39, 0.29) is 48.1 Å². The average Bonchev–Trinajstić information content (AvgIpc) is 2.93. The summed E-state index contributed by atoms with van der Waals surface area (Å²) in [5, 5.41) is 0. The first-order valence-electron chi connectivity index (χ1n) is 17.7. The summed E-state index contributed by atoms with van der Waals surface area (Å²) in [6, 6.07) is 0. The van der Waals surface area contributed by atoms with E-state index >= 15 is 0 Å². The summed E-state index contributed by atoms with van der Waals surface area (Å²) in [5.41, 5.74) is 15.4. The van der Waals surface area contributed by atoms with Gasteiger partial charge in [-0.05, 0) is 73.0 Å². The van der Waals surface area contributed by atoms with Gasteiger partial charge in [0.1, 0.15) is 0 Å². The van der Waals surface area contributed by atoms with E-state index in [9.17, 15) is 13.7 Å². The Kier molecular flexibility index (Phi) is 24.7. The molecular formula is C32H72N3O13P3. The van der Waals surface area contributed by atoms with Gasteiger partial charge in [-0.2, -0.15) is 0 Å². The molecule has 0 spiro atoms. The molecule has 0 rings (SSSR count). The van der Waals surface area contributed by atoms with E-state index in [0.717, 1.165) is 25.7 Å². The maximum atomic E-state index is 12.7. The fraction of sp³-hybridized carbons (Fsp3) is 1.00. The zero-order valence-corrected chi connectivity index (χ0v) is 35.3. The summed E-state index contributed by atoms with van der Waals surface area (Å²) in [4.78, 5) is 18.0. The topological polar surface area (TPSA) is 244 Å². The second-order valence-corrected chi connectivity index (χ2v) is 20.5. The first-order valence-corrected chi connectivity index (χ1v) is 22.7. The Labute approximate surface area is 307 Å². The molecule has 0 heterocycles. The van der Waals surface area contributed by atoms with Crippen molar-refractivity contribution in [3.8, 4) is 0 Å². The lowest BCUT2D eigenvalue weighted by Gasteiger charge is -2.26. The number of ether oxygens (including phenoxy) is 4. The van der Waals surface area contributed by atoms with E-state index < -0.39 is 23.2 Å². The van der Waals surface area contributed by atoms with E-state index in [1.165, 1.54) is 0 Å². The molecule has 0 aromatic heterocycles. The minimum Gasteiger partial charge on any atom is -0.379 e. The van der Waals surface area contributed by atoms with E-state index in [1.54, 1.807) is 0 Å². The van der Waals surface area contributed by atoms with Gasteiger partial charge in [-0.25, -0.2) is 30.2 Å². The zero-order chi connectivity index (χ0) is 39.3. The van der Waals surface area contributed by atoms with Crippen molar-refractivity contribution in [2.75, 3.05) is 79.3 Å². The van der Waals surface area contributed by atoms with Gasteiger partial charge in [0.2, 0.25) is 0 Å². The number of nitrogens with two attached hydrogens (primary N) is 3. The summed E-state index contributed by atoms with van der Waals surface area (Å²) in [6.45, 7) is 21.2. The van der Waals surface area contributed by atoms with Crippen molar-refractivity contribution < 1.29 is 60.5 Å². The van der Waals surface area contributed by atoms with Gasteiger partial charge in [0, 0.05) is 26.4 Å². The molecule has 0 aliphatic heterocycles. The maximum Gasteiger partial charge on any atom is 0.402 e. The van der Waals surface area contributed by atoms with Gasteiger partial charge in [-0.3, -0.25) is 18.1 Å². The van der Waals surface area contributed by atoms with E-state index in [4.69, 9.17) is 63.3 Å². The number of hydrogen-bond acceptors (Lipinski definition) is 11. The molecule has 0 amide bonds. The normalized spacial score (nSPS) is 16.9. The molecule has 0 aromatic carbocycles. The Morgan fingerprint density at radius 3 is 0.784 bits per heavy atom. The molecule has 16 nitrogen and oxygen atoms in total. The van der Waals surface area contributed by atoms with Gasteiger partial charge in [0.25, 0.3) is 0 Å². The molecule has 0 aromatic rings. The number of rotatable bonds is 34. The maximum absolute atomic E-state index is 12.7. The van der Waals surface area contributed by atoms with Crippen LogP contribution in [0.3, 0.4) is 0 Å². The Hall–Kier alpha value is 0.170. The van der Waals surface area contributed by atoms with Crippen LogP contribution in [0.4, 0.5) is 0 Å². The summed E-state index contributed by atoms with van der Waals surface area (Å²) >= 11 is 0. The van der Waals surface area contributed by atoms with E-state index in [0.29, 0.717) is 78.5 Å². The standard InChI is InChI=1S/C32H72N3O13P3/c1-29(2,13-21-45-49(33,36)37)9-17-41-25-27-43-19-11-31(5,6)15-23-47-51(35,40)48-24-16-32(7,8)12-20-44-28-26-42-18-10-30(3,4)14-22-46-50(34,38)39/h9-28H2,1-8H3,(H2,35,40)(H3,33,36,37)(H3,34,38,39). The molecule has 308 valence electrons. The van der Waals surface area contributed by atoms with Crippen molar-refractivity contribution in [3.63, 3.8) is 0 Å². The SMILES string of the molecule is CC(C)(CCOCCOCCC(C)(C)CCOP(N)(=O)OCCC(C)(C)CCOCCOCCC(C)(C)CCOP(N)(=O)O)CCOP(N)(=O)O. The van der Waals surface area contributed by atoms with Crippen LogP contribution >= 0.6 is 23.2 Å². The molecule has 51 heavy (non-hydrogen) atoms. The van der Waals surface area contributed by atoms with Gasteiger partial charge in [0.15, 0.2) is 0 Å². The van der Waals surface area contributed by atoms with Crippen molar-refractivity contribution >= 4 is 23.2 Å². The Bertz CT molecular complexity index is 990. The van der Waals surface area contributed by atoms with E-state index in [1.807, 2.05) is 27.7 Å². The third kappa shape index (κ3) is 34.4. The van der Waals surface area contributed by atoms with Gasteiger partial charge in [-0.1, -0.05) is 55.4 Å². The molecule has 2 unspecified atom stereocenters. The lowest BCUT2D eigenvalue weighted by atomic mass is 9.86. The fourth-order valence-electron chi connectivity index (χ4n) is 4.38. The molecule has 0 saturated carbocycles. The highest BCUT2D eigenvalue weighted by atomic mass is 31.2. The van der Waals surface area contributed by atoms with Crippen LogP contribution in [0.2, 0.25) is 0 Å². The summed E-state index contributed by atoms with van der Waals surface area (Å²) < 4.78 is 77.9. The quantitative estimate of drug-likeness (QED) is 0.0343. The highest BCUT2D eigenvalue weighted by molar-refractivity contribution is 7.51. The number of hydrogen-bond donors (Lipinski definition) is 5. The molecule has 0 saturated heterocycles. The highest BCUT2D eigenvalue weighted by Crippen LogP contribution is 2.41. The largest absolute Gasteiger partial charge is 0.402 e. The molecule has 0 bridgehead atoms. The third-order valence-electron chi connectivity index (χ3n) is 8.65. The van der Waals surface area contributed by atoms with Crippen LogP contribution in [0.1, 0.15) is 107 Å². The van der Waals surface area contributed by atoms with Crippen LogP contribution in [-0.2, 0) is 50.7 Å². The third-order valence-corrected chi connectivity index (χ3v) is 10.8. The molecule has 8 N–H and O–H groups in total. The zero-order valence-electron chi connectivity index (χ0n) is 32.6. The first-order chi connectivity index (χ1) is 23.2. The van der Waals surface area contributed by atoms with Crippen LogP contribution < -0.4 is 16.5 Å². The van der Waals surface area contributed by atoms with Crippen molar-refractivity contribution in [2.45, 2.75) is 107 Å². The summed E-state index contributed by atoms with van der Waals surface area (Å²) in [5.74, 6) is 0. The van der Waals surface area contributed by atoms with Gasteiger partial charge < -0.3 is 28.7 Å². The minimum atomic E-state index is -3.94. The minimum absolute atomic E-state index is 0.115. The molecule has 19 heteroatoms. The van der Waals surface area contributed by atoms with Crippen LogP contribution in [0.25, 0.3) is 0 Å². The second kappa shape index (κ2) is 24.6. The monoisotopic (exact) mass is 799 g/mol. The summed E-state index contributed by atoms with van der Waals surface area (Å²) in [7, 11) is -11.6. The molecule has 2 atom stereocenters. The summed E-state index contributed by atoms with van der Waals surface area (Å²) in [6.07, 6.45) is 5.52. The fourth-order valence-corrected chi connectivity index (χ4v) is 5.85. The average molecular weight is 800 g/mol. The van der Waals surface area contributed by atoms with Crippen LogP contribution in [0.5, 0.6) is 0 Å². The van der Waals surface area contributed by atoms with Gasteiger partial charge in [0.05, 0.1) is 52.9 Å². The van der Waals surface area contributed by atoms with Crippen LogP contribution in [-0.4, -0.2) is 89.1 Å². The van der Waals surface area contributed by atoms with Crippen LogP contribution in [0, 0.1) is 21.7 Å². The van der Waals surface area contributed by atoms with Crippen LogP contribution in [0.15, 0.2) is 0 Å². The van der Waals surface area contributed by atoms with Gasteiger partial charge >= 0.3 is 23.2 Å². The highest BCUT2D eigenvalue weighted by Gasteiger charge is 2.25. The molecule has 0 fully saturated rings. The van der Waals surface area contributed by atoms with Crippen molar-refractivity contribution in [1.29, 1.82) is 0 Å². The lowest BCUT2D eigenvalue weighted by Crippen LogP contribution is -2.20. The Morgan fingerprint density at radius 2 is 0.569 bits per heavy atom. The van der Waals surface area contributed by atoms with Crippen molar-refractivity contribution in [3.05, 3.63) is 0 Å². The molecule has 0 radical (unpaired) electrons. The molecular weight excluding hydrogens is 727 g/mol. The Morgan fingerprint density at radius 1 is 0.373 bits per heavy atom. The first kappa shape index (κ1) is 51.2. The predicted molar refractivity (Wildman–Crippen MR) is 199 cm³/mol. The molecule has 0 aliphatic carbocycles. The lowest BCUT2D eigenvalue weighted by molar-refractivity contribution is 0.0244. The Balaban J connectivity index is 3.97. The van der Waals surface area contributed by atoms with Gasteiger partial charge in [-0.15, -0.1) is 0 Å². The second-order valence-electron chi connectivity index (χ2n) is 16.1. The molecule has 0 aliphatic rings. The van der Waals surface area contributed by atoms with Crippen molar-refractivity contribution in [2.24, 2.45) is 38.2 Å². The van der Waals surface area contributed by atoms with E-state index in [2.05, 4.69) is 27.7 Å².